The summed E-state index contributed by atoms with van der Waals surface area (Å²) in [6.45, 7) is 12.7. The van der Waals surface area contributed by atoms with Crippen molar-refractivity contribution in [1.29, 1.82) is 0 Å². The molecule has 0 unspecified atom stereocenters. The van der Waals surface area contributed by atoms with Crippen LogP contribution in [0.25, 0.3) is 0 Å². The first kappa shape index (κ1) is 65.5. The highest BCUT2D eigenvalue weighted by Crippen LogP contribution is 2.33. The van der Waals surface area contributed by atoms with Crippen molar-refractivity contribution in [3.8, 4) is 34.5 Å². The van der Waals surface area contributed by atoms with Crippen LogP contribution in [-0.4, -0.2) is 26.4 Å². The summed E-state index contributed by atoms with van der Waals surface area (Å²) in [6, 6.07) is 18.1. The van der Waals surface area contributed by atoms with Crippen LogP contribution in [0.5, 0.6) is 34.5 Å². The Bertz CT molecular complexity index is 1620. The van der Waals surface area contributed by atoms with Gasteiger partial charge in [-0.15, -0.1) is 0 Å². The van der Waals surface area contributed by atoms with Crippen LogP contribution >= 0.6 is 0 Å². The molecule has 0 aromatic heterocycles. The highest BCUT2D eigenvalue weighted by Gasteiger charge is 2.12. The zero-order valence-corrected chi connectivity index (χ0v) is 49.2. The second kappa shape index (κ2) is 47.5. The number of unbranched alkanes of at least 4 members (excludes halogenated alkanes) is 36. The summed E-state index contributed by atoms with van der Waals surface area (Å²) < 4.78 is 38.4. The molecule has 0 saturated carbocycles. The second-order valence-corrected chi connectivity index (χ2v) is 22.0. The quantitative estimate of drug-likeness (QED) is 0.0445. The molecule has 0 aliphatic heterocycles. The number of hydrogen-bond donors (Lipinski definition) is 1. The molecule has 0 fully saturated rings. The molecule has 0 spiro atoms. The van der Waals surface area contributed by atoms with Crippen molar-refractivity contribution in [2.24, 2.45) is 0 Å². The fourth-order valence-electron chi connectivity index (χ4n) is 9.93. The smallest absolute Gasteiger partial charge is 0.161 e. The molecule has 0 aliphatic rings. The van der Waals surface area contributed by atoms with E-state index in [1.807, 2.05) is 18.2 Å². The minimum atomic E-state index is 0.372. The Morgan fingerprint density at radius 3 is 0.760 bits per heavy atom. The lowest BCUT2D eigenvalue weighted by Gasteiger charge is -2.16. The number of benzene rings is 3. The van der Waals surface area contributed by atoms with E-state index in [1.54, 1.807) is 0 Å². The monoisotopic (exact) mass is 1040 g/mol. The average molecular weight is 1040 g/mol. The average Bonchev–Trinajstić information content (AvgIpc) is 3.42. The number of rotatable bonds is 54. The van der Waals surface area contributed by atoms with Crippen molar-refractivity contribution in [3.63, 3.8) is 0 Å². The highest BCUT2D eigenvalue weighted by atomic mass is 16.5. The molecular weight excluding hydrogens is 927 g/mol. The third-order valence-electron chi connectivity index (χ3n) is 14.8. The first-order valence-electron chi connectivity index (χ1n) is 32.0. The number of anilines is 1. The zero-order valence-electron chi connectivity index (χ0n) is 49.2. The van der Waals surface area contributed by atoms with Gasteiger partial charge in [-0.05, 0) is 61.1 Å². The molecule has 7 nitrogen and oxygen atoms in total. The van der Waals surface area contributed by atoms with E-state index in [9.17, 15) is 0 Å². The predicted molar refractivity (Wildman–Crippen MR) is 322 cm³/mol. The summed E-state index contributed by atoms with van der Waals surface area (Å²) in [5.74, 6) is 4.58. The molecule has 0 amide bonds. The lowest BCUT2D eigenvalue weighted by molar-refractivity contribution is 0.255. The van der Waals surface area contributed by atoms with Crippen molar-refractivity contribution >= 4 is 5.69 Å². The molecule has 428 valence electrons. The summed E-state index contributed by atoms with van der Waals surface area (Å²) in [5, 5.41) is 0. The van der Waals surface area contributed by atoms with E-state index in [0.29, 0.717) is 56.8 Å². The molecule has 0 radical (unpaired) electrons. The standard InChI is InChI=1S/C68H115NO6/c1-5-9-13-17-21-25-29-33-37-41-49-70-65-47-45-60(53-67(65)72-51-43-39-35-31-27-23-19-15-11-7-3)58-74-63-55-62(69)56-64(57-63)75-59-61-46-48-66(71-50-42-38-34-30-26-22-18-14-10-6-2)68(54-61)73-52-44-40-36-32-28-24-20-16-12-8-4/h45-48,53-57H,5-44,49-52,58-59,69H2,1-4H3. The van der Waals surface area contributed by atoms with Crippen LogP contribution in [0.1, 0.15) is 296 Å². The van der Waals surface area contributed by atoms with Crippen LogP contribution in [0.2, 0.25) is 0 Å². The molecule has 3 aromatic carbocycles. The van der Waals surface area contributed by atoms with Crippen molar-refractivity contribution in [2.45, 2.75) is 298 Å². The maximum atomic E-state index is 6.45. The van der Waals surface area contributed by atoms with Gasteiger partial charge >= 0.3 is 0 Å². The Kier molecular flexibility index (Phi) is 41.5. The minimum absolute atomic E-state index is 0.372. The maximum absolute atomic E-state index is 6.45. The van der Waals surface area contributed by atoms with Gasteiger partial charge in [0, 0.05) is 23.9 Å². The van der Waals surface area contributed by atoms with Gasteiger partial charge < -0.3 is 34.2 Å². The Morgan fingerprint density at radius 2 is 0.493 bits per heavy atom. The molecule has 0 bridgehead atoms. The minimum Gasteiger partial charge on any atom is -0.490 e. The van der Waals surface area contributed by atoms with E-state index in [2.05, 4.69) is 64.1 Å². The van der Waals surface area contributed by atoms with Crippen LogP contribution in [0.3, 0.4) is 0 Å². The van der Waals surface area contributed by atoms with Crippen molar-refractivity contribution in [3.05, 3.63) is 65.7 Å². The van der Waals surface area contributed by atoms with E-state index in [-0.39, 0.29) is 0 Å². The number of nitrogens with two attached hydrogens (primary N) is 1. The lowest BCUT2D eigenvalue weighted by Crippen LogP contribution is -2.05. The molecule has 0 saturated heterocycles. The predicted octanol–water partition coefficient (Wildman–Crippen LogP) is 21.6. The number of hydrogen-bond acceptors (Lipinski definition) is 7. The maximum Gasteiger partial charge on any atom is 0.161 e. The number of nitrogen functional groups attached to an aromatic ring is 1. The summed E-state index contributed by atoms with van der Waals surface area (Å²) in [4.78, 5) is 0. The normalized spacial score (nSPS) is 11.3. The molecule has 75 heavy (non-hydrogen) atoms. The van der Waals surface area contributed by atoms with Crippen LogP contribution in [0.4, 0.5) is 5.69 Å². The van der Waals surface area contributed by atoms with E-state index < -0.39 is 0 Å². The highest BCUT2D eigenvalue weighted by molar-refractivity contribution is 5.51. The molecule has 2 N–H and O–H groups in total. The fourth-order valence-corrected chi connectivity index (χ4v) is 9.93. The summed E-state index contributed by atoms with van der Waals surface area (Å²) in [5.41, 5.74) is 9.07. The van der Waals surface area contributed by atoms with Gasteiger partial charge in [0.2, 0.25) is 0 Å². The van der Waals surface area contributed by atoms with E-state index in [0.717, 1.165) is 59.8 Å². The Morgan fingerprint density at radius 1 is 0.253 bits per heavy atom. The van der Waals surface area contributed by atoms with Gasteiger partial charge in [-0.25, -0.2) is 0 Å². The van der Waals surface area contributed by atoms with Crippen molar-refractivity contribution in [1.82, 2.24) is 0 Å². The van der Waals surface area contributed by atoms with Gasteiger partial charge in [0.05, 0.1) is 26.4 Å². The van der Waals surface area contributed by atoms with Crippen LogP contribution in [0.15, 0.2) is 54.6 Å². The Balaban J connectivity index is 1.55. The first-order chi connectivity index (χ1) is 37.1. The lowest BCUT2D eigenvalue weighted by atomic mass is 10.1. The van der Waals surface area contributed by atoms with Gasteiger partial charge in [-0.2, -0.15) is 0 Å². The van der Waals surface area contributed by atoms with Crippen LogP contribution in [-0.2, 0) is 13.2 Å². The third kappa shape index (κ3) is 35.3. The van der Waals surface area contributed by atoms with Gasteiger partial charge in [0.15, 0.2) is 23.0 Å². The summed E-state index contributed by atoms with van der Waals surface area (Å²) in [7, 11) is 0. The molecular formula is C68H115NO6. The Labute approximate surface area is 462 Å². The van der Waals surface area contributed by atoms with Crippen LogP contribution in [0, 0.1) is 0 Å². The third-order valence-corrected chi connectivity index (χ3v) is 14.8. The largest absolute Gasteiger partial charge is 0.490 e. The topological polar surface area (TPSA) is 81.4 Å². The SMILES string of the molecule is CCCCCCCCCCCCOc1ccc(COc2cc(N)cc(OCc3ccc(OCCCCCCCCCCCC)c(OCCCCCCCCCCCC)c3)c2)cc1OCCCCCCCCCCCC. The van der Waals surface area contributed by atoms with E-state index >= 15 is 0 Å². The van der Waals surface area contributed by atoms with Crippen LogP contribution < -0.4 is 34.2 Å². The molecule has 0 atom stereocenters. The van der Waals surface area contributed by atoms with E-state index in [1.165, 1.54) is 231 Å². The molecule has 0 aliphatic carbocycles. The molecule has 0 heterocycles. The molecule has 3 rings (SSSR count). The first-order valence-corrected chi connectivity index (χ1v) is 32.0. The second-order valence-electron chi connectivity index (χ2n) is 22.0. The van der Waals surface area contributed by atoms with Crippen molar-refractivity contribution in [2.75, 3.05) is 32.2 Å². The van der Waals surface area contributed by atoms with E-state index in [4.69, 9.17) is 34.2 Å². The van der Waals surface area contributed by atoms with Gasteiger partial charge in [-0.1, -0.05) is 271 Å². The van der Waals surface area contributed by atoms with Gasteiger partial charge in [-0.3, -0.25) is 0 Å². The molecule has 7 heteroatoms. The Hall–Kier alpha value is -3.74. The fraction of sp³-hybridized carbons (Fsp3) is 0.735. The van der Waals surface area contributed by atoms with Gasteiger partial charge in [0.1, 0.15) is 24.7 Å². The van der Waals surface area contributed by atoms with Crippen molar-refractivity contribution < 1.29 is 28.4 Å². The number of ether oxygens (including phenoxy) is 6. The summed E-state index contributed by atoms with van der Waals surface area (Å²) >= 11 is 0. The molecule has 3 aromatic rings. The zero-order chi connectivity index (χ0) is 53.3. The summed E-state index contributed by atoms with van der Waals surface area (Å²) in [6.07, 6.45) is 52.1. The van der Waals surface area contributed by atoms with Gasteiger partial charge in [0.25, 0.3) is 0 Å².